The maximum absolute atomic E-state index is 12.7. The van der Waals surface area contributed by atoms with E-state index in [-0.39, 0.29) is 38.0 Å². The van der Waals surface area contributed by atoms with E-state index in [1.54, 1.807) is 0 Å². The third kappa shape index (κ3) is 46.9. The van der Waals surface area contributed by atoms with Crippen molar-refractivity contribution < 1.29 is 28.6 Å². The largest absolute Gasteiger partial charge is 0.462 e. The summed E-state index contributed by atoms with van der Waals surface area (Å²) in [5.74, 6) is -1.08. The molecule has 6 heteroatoms. The summed E-state index contributed by atoms with van der Waals surface area (Å²) in [5.41, 5.74) is 0. The van der Waals surface area contributed by atoms with Crippen LogP contribution in [0.5, 0.6) is 0 Å². The first-order valence-electron chi connectivity index (χ1n) is 24.5. The van der Waals surface area contributed by atoms with Gasteiger partial charge in [-0.1, -0.05) is 181 Å². The average Bonchev–Trinajstić information content (AvgIpc) is 3.27. The number of esters is 3. The Kier molecular flexibility index (Phi) is 46.1. The van der Waals surface area contributed by atoms with Crippen LogP contribution < -0.4 is 0 Å². The van der Waals surface area contributed by atoms with Gasteiger partial charge < -0.3 is 14.2 Å². The van der Waals surface area contributed by atoms with E-state index in [1.807, 2.05) is 6.08 Å². The molecule has 0 radical (unpaired) electrons. The molecule has 0 heterocycles. The molecule has 0 saturated carbocycles. The van der Waals surface area contributed by atoms with Gasteiger partial charge in [0, 0.05) is 19.3 Å². The van der Waals surface area contributed by atoms with Gasteiger partial charge in [-0.15, -0.1) is 0 Å². The molecule has 0 N–H and O–H groups in total. The number of ether oxygens (including phenoxy) is 3. The van der Waals surface area contributed by atoms with E-state index in [0.717, 1.165) is 103 Å². The summed E-state index contributed by atoms with van der Waals surface area (Å²) in [7, 11) is 0. The van der Waals surface area contributed by atoms with Crippen LogP contribution >= 0.6 is 0 Å². The number of allylic oxidation sites excluding steroid dienone is 20. The lowest BCUT2D eigenvalue weighted by Crippen LogP contribution is -2.30. The van der Waals surface area contributed by atoms with Crippen LogP contribution in [0.1, 0.15) is 194 Å². The van der Waals surface area contributed by atoms with E-state index in [1.165, 1.54) is 38.5 Å². The number of rotatable bonds is 42. The lowest BCUT2D eigenvalue weighted by Gasteiger charge is -2.18. The first-order valence-corrected chi connectivity index (χ1v) is 24.5. The topological polar surface area (TPSA) is 78.9 Å². The van der Waals surface area contributed by atoms with Gasteiger partial charge in [0.2, 0.25) is 0 Å². The molecule has 0 spiro atoms. The van der Waals surface area contributed by atoms with Crippen molar-refractivity contribution in [1.29, 1.82) is 0 Å². The molecule has 0 aromatic carbocycles. The van der Waals surface area contributed by atoms with E-state index in [4.69, 9.17) is 14.2 Å². The van der Waals surface area contributed by atoms with E-state index in [0.29, 0.717) is 19.3 Å². The number of hydrogen-bond donors (Lipinski definition) is 0. The molecule has 6 nitrogen and oxygen atoms in total. The second-order valence-electron chi connectivity index (χ2n) is 15.6. The van der Waals surface area contributed by atoms with Crippen molar-refractivity contribution in [3.63, 3.8) is 0 Å². The minimum atomic E-state index is -0.840. The molecule has 1 atom stereocenters. The summed E-state index contributed by atoms with van der Waals surface area (Å²) in [6.07, 6.45) is 67.7. The van der Waals surface area contributed by atoms with Gasteiger partial charge in [0.25, 0.3) is 0 Å². The Labute approximate surface area is 380 Å². The van der Waals surface area contributed by atoms with Crippen molar-refractivity contribution in [2.24, 2.45) is 0 Å². The Hall–Kier alpha value is -4.19. The van der Waals surface area contributed by atoms with Crippen LogP contribution in [0.25, 0.3) is 0 Å². The highest BCUT2D eigenvalue weighted by atomic mass is 16.6. The van der Waals surface area contributed by atoms with Crippen molar-refractivity contribution in [2.75, 3.05) is 13.2 Å². The molecule has 0 bridgehead atoms. The highest BCUT2D eigenvalue weighted by Gasteiger charge is 2.19. The molecule has 0 aliphatic carbocycles. The van der Waals surface area contributed by atoms with Crippen molar-refractivity contribution in [3.8, 4) is 0 Å². The zero-order valence-corrected chi connectivity index (χ0v) is 39.6. The quantitative estimate of drug-likeness (QED) is 0.0263. The van der Waals surface area contributed by atoms with E-state index < -0.39 is 12.1 Å². The predicted molar refractivity (Wildman–Crippen MR) is 265 cm³/mol. The molecule has 0 aliphatic rings. The van der Waals surface area contributed by atoms with Gasteiger partial charge in [0.05, 0.1) is 0 Å². The van der Waals surface area contributed by atoms with Gasteiger partial charge in [-0.05, 0) is 116 Å². The zero-order valence-electron chi connectivity index (χ0n) is 39.6. The molecule has 0 saturated heterocycles. The molecular formula is C56H88O6. The zero-order chi connectivity index (χ0) is 45.1. The maximum Gasteiger partial charge on any atom is 0.306 e. The van der Waals surface area contributed by atoms with Gasteiger partial charge >= 0.3 is 17.9 Å². The highest BCUT2D eigenvalue weighted by Crippen LogP contribution is 2.10. The van der Waals surface area contributed by atoms with Crippen LogP contribution in [0.3, 0.4) is 0 Å². The Morgan fingerprint density at radius 2 is 0.661 bits per heavy atom. The van der Waals surface area contributed by atoms with E-state index in [9.17, 15) is 14.4 Å². The van der Waals surface area contributed by atoms with Crippen molar-refractivity contribution >= 4 is 17.9 Å². The molecular weight excluding hydrogens is 769 g/mol. The van der Waals surface area contributed by atoms with Gasteiger partial charge in [-0.2, -0.15) is 0 Å². The SMILES string of the molecule is CC/C=C\C/C=C\C/C=C\C/C=C\C/C=C\CCCCCC(=O)OCC(COC(=O)CCCC/C=C\C/C=C\C/C=C\CC)OC(=O)CC/C=C\C/C=C\CCCCCCCC. The monoisotopic (exact) mass is 857 g/mol. The van der Waals surface area contributed by atoms with Crippen LogP contribution in [0.15, 0.2) is 122 Å². The Morgan fingerprint density at radius 3 is 1.08 bits per heavy atom. The first kappa shape index (κ1) is 57.8. The summed E-state index contributed by atoms with van der Waals surface area (Å²) < 4.78 is 16.6. The van der Waals surface area contributed by atoms with Crippen LogP contribution in [-0.2, 0) is 28.6 Å². The Morgan fingerprint density at radius 1 is 0.339 bits per heavy atom. The van der Waals surface area contributed by atoms with Gasteiger partial charge in [0.1, 0.15) is 13.2 Å². The first-order chi connectivity index (χ1) is 30.5. The Balaban J connectivity index is 4.56. The molecule has 1 unspecified atom stereocenters. The van der Waals surface area contributed by atoms with Crippen LogP contribution in [0, 0.1) is 0 Å². The van der Waals surface area contributed by atoms with Crippen LogP contribution in [-0.4, -0.2) is 37.2 Å². The molecule has 62 heavy (non-hydrogen) atoms. The van der Waals surface area contributed by atoms with Crippen molar-refractivity contribution in [2.45, 2.75) is 200 Å². The number of unbranched alkanes of at least 4 members (excludes halogenated alkanes) is 11. The Bertz CT molecular complexity index is 1350. The molecule has 0 aliphatic heterocycles. The fraction of sp³-hybridized carbons (Fsp3) is 0.589. The fourth-order valence-electron chi connectivity index (χ4n) is 6.06. The minimum Gasteiger partial charge on any atom is -0.462 e. The van der Waals surface area contributed by atoms with Crippen LogP contribution in [0.2, 0.25) is 0 Å². The van der Waals surface area contributed by atoms with Crippen molar-refractivity contribution in [1.82, 2.24) is 0 Å². The second kappa shape index (κ2) is 49.5. The number of carbonyl (C=O) groups excluding carboxylic acids is 3. The number of carbonyl (C=O) groups is 3. The fourth-order valence-corrected chi connectivity index (χ4v) is 6.06. The lowest BCUT2D eigenvalue weighted by molar-refractivity contribution is -0.166. The summed E-state index contributed by atoms with van der Waals surface area (Å²) in [6.45, 7) is 6.25. The van der Waals surface area contributed by atoms with Gasteiger partial charge in [-0.25, -0.2) is 0 Å². The smallest absolute Gasteiger partial charge is 0.306 e. The summed E-state index contributed by atoms with van der Waals surface area (Å²) in [4.78, 5) is 37.8. The maximum atomic E-state index is 12.7. The summed E-state index contributed by atoms with van der Waals surface area (Å²) >= 11 is 0. The van der Waals surface area contributed by atoms with E-state index in [2.05, 4.69) is 136 Å². The lowest BCUT2D eigenvalue weighted by atomic mass is 10.1. The third-order valence-corrected chi connectivity index (χ3v) is 9.69. The standard InChI is InChI=1S/C56H88O6/c1-4-7-10-13-16-19-22-25-26-27-28-29-30-32-34-37-40-43-46-49-55(58)61-52-53(51-60-54(57)48-45-42-39-36-33-24-21-18-15-12-9-6-3)62-56(59)50-47-44-41-38-35-31-23-20-17-14-11-8-5-2/h7,9-10,12,16,18-19,21,25-26,28-29,31-36,41,44,53H,4-6,8,11,13-15,17,20,22-24,27,30,37-40,42-43,45-52H2,1-3H3/b10-7-,12-9-,19-16-,21-18-,26-25-,29-28-,34-32-,35-31-,36-33-,44-41-. The van der Waals surface area contributed by atoms with Gasteiger partial charge in [-0.3, -0.25) is 14.4 Å². The predicted octanol–water partition coefficient (Wildman–Crippen LogP) is 16.1. The normalized spacial score (nSPS) is 13.1. The summed E-state index contributed by atoms with van der Waals surface area (Å²) in [5, 5.41) is 0. The third-order valence-electron chi connectivity index (χ3n) is 9.69. The second-order valence-corrected chi connectivity index (χ2v) is 15.6. The highest BCUT2D eigenvalue weighted by molar-refractivity contribution is 5.71. The minimum absolute atomic E-state index is 0.134. The molecule has 348 valence electrons. The summed E-state index contributed by atoms with van der Waals surface area (Å²) in [6, 6.07) is 0. The average molecular weight is 857 g/mol. The molecule has 0 amide bonds. The molecule has 0 aromatic rings. The van der Waals surface area contributed by atoms with Crippen LogP contribution in [0.4, 0.5) is 0 Å². The number of hydrogen-bond acceptors (Lipinski definition) is 6. The van der Waals surface area contributed by atoms with Crippen molar-refractivity contribution in [3.05, 3.63) is 122 Å². The molecule has 0 aromatic heterocycles. The molecule has 0 fully saturated rings. The van der Waals surface area contributed by atoms with E-state index >= 15 is 0 Å². The van der Waals surface area contributed by atoms with Gasteiger partial charge in [0.15, 0.2) is 6.10 Å². The molecule has 0 rings (SSSR count).